The molecule has 0 saturated heterocycles. The van der Waals surface area contributed by atoms with E-state index in [1.165, 1.54) is 7.11 Å². The topological polar surface area (TPSA) is 55.4 Å². The zero-order valence-electron chi connectivity index (χ0n) is 9.61. The molecule has 0 aromatic heterocycles. The maximum absolute atomic E-state index is 11.7. The molecule has 0 spiro atoms. The van der Waals surface area contributed by atoms with Gasteiger partial charge in [-0.2, -0.15) is 0 Å². The number of carbonyl (C=O) groups excluding carboxylic acids is 2. The van der Waals surface area contributed by atoms with E-state index in [9.17, 15) is 9.59 Å². The predicted molar refractivity (Wildman–Crippen MR) is 61.5 cm³/mol. The van der Waals surface area contributed by atoms with Crippen molar-refractivity contribution < 1.29 is 14.3 Å². The van der Waals surface area contributed by atoms with E-state index in [1.807, 2.05) is 0 Å². The Bertz CT molecular complexity index is 399. The summed E-state index contributed by atoms with van der Waals surface area (Å²) < 4.78 is 5.05. The smallest absolute Gasteiger partial charge is 0.256 e. The van der Waals surface area contributed by atoms with Crippen molar-refractivity contribution in [2.75, 3.05) is 12.4 Å². The minimum Gasteiger partial charge on any atom is -0.369 e. The van der Waals surface area contributed by atoms with Gasteiger partial charge in [-0.25, -0.2) is 0 Å². The minimum atomic E-state index is -0.892. The molecule has 0 fully saturated rings. The van der Waals surface area contributed by atoms with Crippen LogP contribution in [0.4, 0.5) is 5.69 Å². The quantitative estimate of drug-likeness (QED) is 0.789. The predicted octanol–water partition coefficient (Wildman–Crippen LogP) is 1.86. The highest BCUT2D eigenvalue weighted by Crippen LogP contribution is 2.14. The van der Waals surface area contributed by atoms with E-state index in [-0.39, 0.29) is 5.91 Å². The van der Waals surface area contributed by atoms with Crippen LogP contribution in [0.15, 0.2) is 24.3 Å². The second-order valence-corrected chi connectivity index (χ2v) is 3.91. The number of aldehydes is 1. The van der Waals surface area contributed by atoms with Gasteiger partial charge in [-0.3, -0.25) is 9.59 Å². The summed E-state index contributed by atoms with van der Waals surface area (Å²) in [5, 5.41) is 2.68. The van der Waals surface area contributed by atoms with Crippen molar-refractivity contribution in [3.05, 3.63) is 29.8 Å². The highest BCUT2D eigenvalue weighted by molar-refractivity contribution is 5.97. The molecule has 0 aliphatic heterocycles. The number of anilines is 1. The van der Waals surface area contributed by atoms with Crippen molar-refractivity contribution in [1.82, 2.24) is 0 Å². The summed E-state index contributed by atoms with van der Waals surface area (Å²) in [5.74, 6) is -0.252. The van der Waals surface area contributed by atoms with Gasteiger partial charge in [0.05, 0.1) is 0 Å². The number of hydrogen-bond acceptors (Lipinski definition) is 3. The molecule has 1 aromatic rings. The fraction of sp³-hybridized carbons (Fsp3) is 0.333. The molecule has 4 heteroatoms. The summed E-state index contributed by atoms with van der Waals surface area (Å²) in [6, 6.07) is 6.70. The number of benzene rings is 1. The average molecular weight is 221 g/mol. The minimum absolute atomic E-state index is 0.252. The van der Waals surface area contributed by atoms with Crippen LogP contribution >= 0.6 is 0 Å². The van der Waals surface area contributed by atoms with Gasteiger partial charge in [-0.15, -0.1) is 0 Å². The van der Waals surface area contributed by atoms with E-state index < -0.39 is 5.60 Å². The lowest BCUT2D eigenvalue weighted by molar-refractivity contribution is -0.133. The van der Waals surface area contributed by atoms with Gasteiger partial charge in [0.25, 0.3) is 5.91 Å². The van der Waals surface area contributed by atoms with Crippen molar-refractivity contribution >= 4 is 17.9 Å². The Morgan fingerprint density at radius 2 is 2.12 bits per heavy atom. The highest BCUT2D eigenvalue weighted by atomic mass is 16.5. The van der Waals surface area contributed by atoms with Crippen LogP contribution in [-0.4, -0.2) is 24.9 Å². The summed E-state index contributed by atoms with van der Waals surface area (Å²) in [5.41, 5.74) is 0.213. The Kier molecular flexibility index (Phi) is 3.79. The lowest BCUT2D eigenvalue weighted by Gasteiger charge is -2.21. The summed E-state index contributed by atoms with van der Waals surface area (Å²) in [6.45, 7) is 3.35. The molecular formula is C12H15NO3. The normalized spacial score (nSPS) is 10.9. The van der Waals surface area contributed by atoms with Crippen LogP contribution in [0.2, 0.25) is 0 Å². The first-order valence-electron chi connectivity index (χ1n) is 4.91. The van der Waals surface area contributed by atoms with Crippen molar-refractivity contribution in [3.8, 4) is 0 Å². The molecule has 0 heterocycles. The molecule has 1 rings (SSSR count). The van der Waals surface area contributed by atoms with E-state index in [0.717, 1.165) is 6.29 Å². The molecule has 1 aromatic carbocycles. The van der Waals surface area contributed by atoms with Crippen LogP contribution in [0, 0.1) is 0 Å². The van der Waals surface area contributed by atoms with Gasteiger partial charge in [-0.05, 0) is 26.0 Å². The number of nitrogens with one attached hydrogen (secondary N) is 1. The Morgan fingerprint density at radius 1 is 1.44 bits per heavy atom. The van der Waals surface area contributed by atoms with Gasteiger partial charge in [0, 0.05) is 18.4 Å². The Balaban J connectivity index is 2.81. The van der Waals surface area contributed by atoms with Crippen LogP contribution in [0.1, 0.15) is 24.2 Å². The number of methoxy groups -OCH3 is 1. The van der Waals surface area contributed by atoms with Crippen LogP contribution in [-0.2, 0) is 9.53 Å². The molecule has 4 nitrogen and oxygen atoms in total. The molecular weight excluding hydrogens is 206 g/mol. The van der Waals surface area contributed by atoms with Crippen molar-refractivity contribution in [2.45, 2.75) is 19.4 Å². The van der Waals surface area contributed by atoms with E-state index in [0.29, 0.717) is 11.3 Å². The number of rotatable bonds is 4. The summed E-state index contributed by atoms with van der Waals surface area (Å²) >= 11 is 0. The zero-order valence-corrected chi connectivity index (χ0v) is 9.61. The molecule has 0 radical (unpaired) electrons. The van der Waals surface area contributed by atoms with Crippen LogP contribution in [0.25, 0.3) is 0 Å². The second-order valence-electron chi connectivity index (χ2n) is 3.91. The molecule has 0 aliphatic carbocycles. The van der Waals surface area contributed by atoms with Crippen LogP contribution in [0.5, 0.6) is 0 Å². The van der Waals surface area contributed by atoms with Gasteiger partial charge in [0.15, 0.2) is 0 Å². The number of ether oxygens (including phenoxy) is 1. The van der Waals surface area contributed by atoms with Crippen molar-refractivity contribution in [3.63, 3.8) is 0 Å². The molecule has 86 valence electrons. The van der Waals surface area contributed by atoms with Gasteiger partial charge >= 0.3 is 0 Å². The average Bonchev–Trinajstić information content (AvgIpc) is 2.29. The standard InChI is InChI=1S/C12H15NO3/c1-12(2,16-3)11(15)13-10-6-4-5-9(7-10)8-14/h4-8H,1-3H3,(H,13,15). The molecule has 0 atom stereocenters. The number of carbonyl (C=O) groups is 2. The van der Waals surface area contributed by atoms with Crippen LogP contribution in [0.3, 0.4) is 0 Å². The van der Waals surface area contributed by atoms with Gasteiger partial charge in [-0.1, -0.05) is 12.1 Å². The highest BCUT2D eigenvalue weighted by Gasteiger charge is 2.26. The van der Waals surface area contributed by atoms with Gasteiger partial charge < -0.3 is 10.1 Å². The largest absolute Gasteiger partial charge is 0.369 e. The van der Waals surface area contributed by atoms with E-state index in [2.05, 4.69) is 5.32 Å². The third-order valence-electron chi connectivity index (χ3n) is 2.34. The molecule has 1 amide bonds. The number of amides is 1. The monoisotopic (exact) mass is 221 g/mol. The molecule has 0 unspecified atom stereocenters. The van der Waals surface area contributed by atoms with E-state index >= 15 is 0 Å². The molecule has 1 N–H and O–H groups in total. The van der Waals surface area contributed by atoms with Gasteiger partial charge in [0.1, 0.15) is 11.9 Å². The van der Waals surface area contributed by atoms with Crippen molar-refractivity contribution in [2.24, 2.45) is 0 Å². The van der Waals surface area contributed by atoms with Crippen LogP contribution < -0.4 is 5.32 Å². The summed E-state index contributed by atoms with van der Waals surface area (Å²) in [7, 11) is 1.47. The SMILES string of the molecule is COC(C)(C)C(=O)Nc1cccc(C=O)c1. The maximum atomic E-state index is 11.7. The fourth-order valence-electron chi connectivity index (χ4n) is 1.06. The number of hydrogen-bond donors (Lipinski definition) is 1. The molecule has 0 bridgehead atoms. The molecule has 0 saturated carbocycles. The first-order chi connectivity index (χ1) is 7.49. The third kappa shape index (κ3) is 2.90. The van der Waals surface area contributed by atoms with E-state index in [4.69, 9.17) is 4.74 Å². The Hall–Kier alpha value is -1.68. The Labute approximate surface area is 94.6 Å². The zero-order chi connectivity index (χ0) is 12.2. The van der Waals surface area contributed by atoms with Crippen molar-refractivity contribution in [1.29, 1.82) is 0 Å². The fourth-order valence-corrected chi connectivity index (χ4v) is 1.06. The molecule has 0 aliphatic rings. The third-order valence-corrected chi connectivity index (χ3v) is 2.34. The lowest BCUT2D eigenvalue weighted by atomic mass is 10.1. The summed E-state index contributed by atoms with van der Waals surface area (Å²) in [4.78, 5) is 22.3. The maximum Gasteiger partial charge on any atom is 0.256 e. The molecule has 16 heavy (non-hydrogen) atoms. The summed E-state index contributed by atoms with van der Waals surface area (Å²) in [6.07, 6.45) is 0.733. The van der Waals surface area contributed by atoms with Gasteiger partial charge in [0.2, 0.25) is 0 Å². The second kappa shape index (κ2) is 4.90. The Morgan fingerprint density at radius 3 is 2.69 bits per heavy atom. The lowest BCUT2D eigenvalue weighted by Crippen LogP contribution is -2.38. The first kappa shape index (κ1) is 12.4. The van der Waals surface area contributed by atoms with E-state index in [1.54, 1.807) is 38.1 Å². The first-order valence-corrected chi connectivity index (χ1v) is 4.91.